The largest absolute Gasteiger partial charge is 0.433 e. The van der Waals surface area contributed by atoms with Gasteiger partial charge < -0.3 is 5.73 Å². The number of nitrogens with two attached hydrogens (primary N) is 1. The van der Waals surface area contributed by atoms with Crippen LogP contribution in [0.3, 0.4) is 0 Å². The van der Waals surface area contributed by atoms with E-state index in [-0.39, 0.29) is 30.9 Å². The highest BCUT2D eigenvalue weighted by Gasteiger charge is 2.32. The maximum Gasteiger partial charge on any atom is 0.433 e. The first-order valence-electron chi connectivity index (χ1n) is 3.70. The highest BCUT2D eigenvalue weighted by atomic mass is 35.5. The summed E-state index contributed by atoms with van der Waals surface area (Å²) in [5.41, 5.74) is 5.15. The van der Waals surface area contributed by atoms with Crippen LogP contribution in [0.25, 0.3) is 0 Å². The average molecular weight is 263 g/mol. The molecule has 1 heterocycles. The molecule has 0 saturated carbocycles. The second kappa shape index (κ2) is 6.15. The number of pyridine rings is 1. The molecule has 0 aliphatic carbocycles. The van der Waals surface area contributed by atoms with Crippen LogP contribution in [0.15, 0.2) is 18.3 Å². The summed E-state index contributed by atoms with van der Waals surface area (Å²) in [6, 6.07) is 1.97. The van der Waals surface area contributed by atoms with Crippen LogP contribution in [0.5, 0.6) is 0 Å². The van der Waals surface area contributed by atoms with E-state index in [1.807, 2.05) is 0 Å². The van der Waals surface area contributed by atoms with Gasteiger partial charge in [-0.25, -0.2) is 0 Å². The third-order valence-electron chi connectivity index (χ3n) is 1.60. The van der Waals surface area contributed by atoms with E-state index in [0.29, 0.717) is 5.56 Å². The predicted molar refractivity (Wildman–Crippen MR) is 56.3 cm³/mol. The molecule has 1 aromatic heterocycles. The lowest BCUT2D eigenvalue weighted by molar-refractivity contribution is -0.141. The van der Waals surface area contributed by atoms with Gasteiger partial charge in [0.2, 0.25) is 0 Å². The molecular weight excluding hydrogens is 252 g/mol. The summed E-state index contributed by atoms with van der Waals surface area (Å²) < 4.78 is 36.1. The van der Waals surface area contributed by atoms with E-state index in [1.54, 1.807) is 6.92 Å². The van der Waals surface area contributed by atoms with Gasteiger partial charge in [0, 0.05) is 12.2 Å². The third kappa shape index (κ3) is 4.68. The summed E-state index contributed by atoms with van der Waals surface area (Å²) >= 11 is 0. The van der Waals surface area contributed by atoms with Crippen molar-refractivity contribution in [2.75, 3.05) is 0 Å². The van der Waals surface area contributed by atoms with Gasteiger partial charge in [-0.1, -0.05) is 6.07 Å². The van der Waals surface area contributed by atoms with E-state index < -0.39 is 11.9 Å². The fraction of sp³-hybridized carbons (Fsp3) is 0.375. The summed E-state index contributed by atoms with van der Waals surface area (Å²) in [7, 11) is 0. The molecule has 0 unspecified atom stereocenters. The van der Waals surface area contributed by atoms with Crippen LogP contribution in [0.1, 0.15) is 24.2 Å². The van der Waals surface area contributed by atoms with Gasteiger partial charge in [-0.3, -0.25) is 4.98 Å². The molecule has 0 aliphatic heterocycles. The molecule has 7 heteroatoms. The zero-order valence-corrected chi connectivity index (χ0v) is 9.42. The monoisotopic (exact) mass is 262 g/mol. The number of hydrogen-bond acceptors (Lipinski definition) is 2. The standard InChI is InChI=1S/C8H9F3N2.2ClH/c1-5(12)6-2-3-7(13-4-6)8(9,10)11;;/h2-5H,12H2,1H3;2*1H/t5-;;/m1../s1. The van der Waals surface area contributed by atoms with Gasteiger partial charge in [0.25, 0.3) is 0 Å². The number of aromatic nitrogens is 1. The maximum atomic E-state index is 12.0. The summed E-state index contributed by atoms with van der Waals surface area (Å²) in [4.78, 5) is 3.27. The molecule has 0 fully saturated rings. The second-order valence-corrected chi connectivity index (χ2v) is 2.76. The minimum atomic E-state index is -4.38. The smallest absolute Gasteiger partial charge is 0.324 e. The van der Waals surface area contributed by atoms with E-state index in [2.05, 4.69) is 4.98 Å². The van der Waals surface area contributed by atoms with Crippen LogP contribution in [0.4, 0.5) is 13.2 Å². The van der Waals surface area contributed by atoms with Crippen LogP contribution < -0.4 is 5.73 Å². The van der Waals surface area contributed by atoms with Crippen molar-refractivity contribution < 1.29 is 13.2 Å². The molecule has 0 spiro atoms. The van der Waals surface area contributed by atoms with E-state index in [9.17, 15) is 13.2 Å². The number of alkyl halides is 3. The van der Waals surface area contributed by atoms with Gasteiger partial charge >= 0.3 is 6.18 Å². The molecule has 0 radical (unpaired) electrons. The van der Waals surface area contributed by atoms with Gasteiger partial charge in [0.05, 0.1) is 0 Å². The van der Waals surface area contributed by atoms with Crippen LogP contribution >= 0.6 is 24.8 Å². The third-order valence-corrected chi connectivity index (χ3v) is 1.60. The van der Waals surface area contributed by atoms with Crippen molar-refractivity contribution in [1.29, 1.82) is 0 Å². The SMILES string of the molecule is C[C@@H](N)c1ccc(C(F)(F)F)nc1.Cl.Cl. The highest BCUT2D eigenvalue weighted by Crippen LogP contribution is 2.27. The summed E-state index contributed by atoms with van der Waals surface area (Å²) in [5.74, 6) is 0. The van der Waals surface area contributed by atoms with Crippen molar-refractivity contribution in [2.45, 2.75) is 19.1 Å². The first-order valence-corrected chi connectivity index (χ1v) is 3.70. The van der Waals surface area contributed by atoms with Gasteiger partial charge in [-0.15, -0.1) is 24.8 Å². The van der Waals surface area contributed by atoms with E-state index in [0.717, 1.165) is 12.3 Å². The molecule has 1 atom stereocenters. The van der Waals surface area contributed by atoms with Crippen molar-refractivity contribution >= 4 is 24.8 Å². The predicted octanol–water partition coefficient (Wildman–Crippen LogP) is 2.96. The fourth-order valence-corrected chi connectivity index (χ4v) is 0.842. The molecule has 0 amide bonds. The molecule has 88 valence electrons. The lowest BCUT2D eigenvalue weighted by atomic mass is 10.1. The lowest BCUT2D eigenvalue weighted by Crippen LogP contribution is -2.10. The molecule has 1 aromatic rings. The van der Waals surface area contributed by atoms with Crippen molar-refractivity contribution in [3.05, 3.63) is 29.6 Å². The van der Waals surface area contributed by atoms with Crippen LogP contribution in [-0.4, -0.2) is 4.98 Å². The molecule has 0 saturated heterocycles. The van der Waals surface area contributed by atoms with Gasteiger partial charge in [0.15, 0.2) is 0 Å². The number of rotatable bonds is 1. The minimum absolute atomic E-state index is 0. The minimum Gasteiger partial charge on any atom is -0.324 e. The van der Waals surface area contributed by atoms with E-state index in [4.69, 9.17) is 5.73 Å². The first-order chi connectivity index (χ1) is 5.91. The Labute approximate surface area is 97.9 Å². The Morgan fingerprint density at radius 3 is 2.07 bits per heavy atom. The van der Waals surface area contributed by atoms with Gasteiger partial charge in [-0.2, -0.15) is 13.2 Å². The van der Waals surface area contributed by atoms with Crippen LogP contribution in [0, 0.1) is 0 Å². The Kier molecular flexibility index (Phi) is 6.92. The molecule has 2 N–H and O–H groups in total. The van der Waals surface area contributed by atoms with Crippen molar-refractivity contribution in [2.24, 2.45) is 5.73 Å². The molecular formula is C8H11Cl2F3N2. The molecule has 2 nitrogen and oxygen atoms in total. The van der Waals surface area contributed by atoms with E-state index in [1.165, 1.54) is 6.07 Å². The zero-order chi connectivity index (χ0) is 10.1. The topological polar surface area (TPSA) is 38.9 Å². The lowest BCUT2D eigenvalue weighted by Gasteiger charge is -2.08. The van der Waals surface area contributed by atoms with Gasteiger partial charge in [0.1, 0.15) is 5.69 Å². The quantitative estimate of drug-likeness (QED) is 0.845. The zero-order valence-electron chi connectivity index (χ0n) is 7.78. The Morgan fingerprint density at radius 2 is 1.80 bits per heavy atom. The highest BCUT2D eigenvalue weighted by molar-refractivity contribution is 5.85. The molecule has 0 aliphatic rings. The molecule has 15 heavy (non-hydrogen) atoms. The van der Waals surface area contributed by atoms with Gasteiger partial charge in [-0.05, 0) is 18.6 Å². The van der Waals surface area contributed by atoms with E-state index >= 15 is 0 Å². The van der Waals surface area contributed by atoms with Crippen molar-refractivity contribution in [1.82, 2.24) is 4.98 Å². The average Bonchev–Trinajstić information content (AvgIpc) is 2.03. The summed E-state index contributed by atoms with van der Waals surface area (Å²) in [6.07, 6.45) is -3.23. The molecule has 0 bridgehead atoms. The van der Waals surface area contributed by atoms with Crippen LogP contribution in [-0.2, 0) is 6.18 Å². The summed E-state index contributed by atoms with van der Waals surface area (Å²) in [6.45, 7) is 1.68. The Balaban J connectivity index is 0. The summed E-state index contributed by atoms with van der Waals surface area (Å²) in [5, 5.41) is 0. The normalized spacial score (nSPS) is 12.3. The number of halogens is 5. The second-order valence-electron chi connectivity index (χ2n) is 2.76. The Hall–Kier alpha value is -0.520. The molecule has 1 rings (SSSR count). The first kappa shape index (κ1) is 16.9. The molecule has 0 aromatic carbocycles. The van der Waals surface area contributed by atoms with Crippen LogP contribution in [0.2, 0.25) is 0 Å². The Morgan fingerprint density at radius 1 is 1.27 bits per heavy atom. The Bertz CT molecular complexity index is 285. The number of hydrogen-bond donors (Lipinski definition) is 1. The maximum absolute atomic E-state index is 12.0. The van der Waals surface area contributed by atoms with Crippen molar-refractivity contribution in [3.63, 3.8) is 0 Å². The fourth-order valence-electron chi connectivity index (χ4n) is 0.842. The van der Waals surface area contributed by atoms with Crippen molar-refractivity contribution in [3.8, 4) is 0 Å². The number of nitrogens with zero attached hydrogens (tertiary/aromatic N) is 1.